The van der Waals surface area contributed by atoms with E-state index in [0.717, 1.165) is 5.56 Å². The molecule has 27 heavy (non-hydrogen) atoms. The molecule has 3 aromatic rings. The third kappa shape index (κ3) is 5.11. The van der Waals surface area contributed by atoms with E-state index in [9.17, 15) is 9.18 Å². The molecule has 0 spiro atoms. The Hall–Kier alpha value is -2.79. The number of rotatable bonds is 7. The molecule has 1 atom stereocenters. The molecule has 1 amide bonds. The summed E-state index contributed by atoms with van der Waals surface area (Å²) in [6.07, 6.45) is 0. The number of nitrogens with one attached hydrogen (secondary N) is 1. The minimum Gasteiger partial charge on any atom is -0.484 e. The first kappa shape index (κ1) is 19.0. The Labute approximate surface area is 161 Å². The smallest absolute Gasteiger partial charge is 0.287 e. The van der Waals surface area contributed by atoms with Gasteiger partial charge in [0, 0.05) is 6.54 Å². The highest BCUT2D eigenvalue weighted by Crippen LogP contribution is 2.24. The molecule has 1 aromatic heterocycles. The van der Waals surface area contributed by atoms with Gasteiger partial charge in [0.05, 0.1) is 5.02 Å². The van der Waals surface area contributed by atoms with Gasteiger partial charge in [-0.1, -0.05) is 42.8 Å². The molecule has 0 fully saturated rings. The van der Waals surface area contributed by atoms with E-state index in [1.54, 1.807) is 36.4 Å². The highest BCUT2D eigenvalue weighted by atomic mass is 35.5. The van der Waals surface area contributed by atoms with Gasteiger partial charge in [-0.05, 0) is 47.9 Å². The quantitative estimate of drug-likeness (QED) is 0.607. The van der Waals surface area contributed by atoms with Crippen LogP contribution in [0.5, 0.6) is 5.75 Å². The highest BCUT2D eigenvalue weighted by Gasteiger charge is 2.14. The summed E-state index contributed by atoms with van der Waals surface area (Å²) >= 11 is 6.04. The SMILES string of the molecule is CC(CNC(=O)c1ccc(COc2ccccc2Cl)o1)c1ccc(F)cc1. The molecule has 0 radical (unpaired) electrons. The van der Waals surface area contributed by atoms with E-state index >= 15 is 0 Å². The lowest BCUT2D eigenvalue weighted by Gasteiger charge is -2.12. The molecule has 140 valence electrons. The van der Waals surface area contributed by atoms with Gasteiger partial charge in [-0.25, -0.2) is 4.39 Å². The third-order valence-electron chi connectivity index (χ3n) is 4.10. The number of hydrogen-bond donors (Lipinski definition) is 1. The molecule has 1 N–H and O–H groups in total. The monoisotopic (exact) mass is 387 g/mol. The van der Waals surface area contributed by atoms with Crippen LogP contribution in [0.25, 0.3) is 0 Å². The van der Waals surface area contributed by atoms with Crippen LogP contribution in [-0.2, 0) is 6.61 Å². The summed E-state index contributed by atoms with van der Waals surface area (Å²) in [6, 6.07) is 16.7. The van der Waals surface area contributed by atoms with Crippen molar-refractivity contribution in [1.82, 2.24) is 5.32 Å². The van der Waals surface area contributed by atoms with Crippen molar-refractivity contribution in [2.45, 2.75) is 19.4 Å². The van der Waals surface area contributed by atoms with Gasteiger partial charge in [0.2, 0.25) is 0 Å². The molecule has 2 aromatic carbocycles. The average Bonchev–Trinajstić information content (AvgIpc) is 3.15. The van der Waals surface area contributed by atoms with Crippen LogP contribution in [0, 0.1) is 5.82 Å². The molecule has 4 nitrogen and oxygen atoms in total. The van der Waals surface area contributed by atoms with E-state index in [2.05, 4.69) is 5.32 Å². The van der Waals surface area contributed by atoms with Gasteiger partial charge in [0.1, 0.15) is 23.9 Å². The van der Waals surface area contributed by atoms with Gasteiger partial charge >= 0.3 is 0 Å². The average molecular weight is 388 g/mol. The maximum atomic E-state index is 13.0. The van der Waals surface area contributed by atoms with Crippen LogP contribution in [0.4, 0.5) is 4.39 Å². The van der Waals surface area contributed by atoms with Crippen LogP contribution in [0.3, 0.4) is 0 Å². The number of amides is 1. The highest BCUT2D eigenvalue weighted by molar-refractivity contribution is 6.32. The van der Waals surface area contributed by atoms with E-state index in [1.807, 2.05) is 19.1 Å². The predicted molar refractivity (Wildman–Crippen MR) is 102 cm³/mol. The van der Waals surface area contributed by atoms with E-state index in [1.165, 1.54) is 12.1 Å². The molecular weight excluding hydrogens is 369 g/mol. The Bertz CT molecular complexity index is 908. The number of ether oxygens (including phenoxy) is 1. The van der Waals surface area contributed by atoms with Crippen LogP contribution in [0.1, 0.15) is 34.7 Å². The molecule has 1 heterocycles. The normalized spacial score (nSPS) is 11.8. The summed E-state index contributed by atoms with van der Waals surface area (Å²) in [5.41, 5.74) is 0.949. The number of para-hydroxylation sites is 1. The van der Waals surface area contributed by atoms with Gasteiger partial charge in [-0.3, -0.25) is 4.79 Å². The van der Waals surface area contributed by atoms with Gasteiger partial charge in [0.15, 0.2) is 5.76 Å². The van der Waals surface area contributed by atoms with Crippen molar-refractivity contribution in [3.8, 4) is 5.75 Å². The third-order valence-corrected chi connectivity index (χ3v) is 4.41. The van der Waals surface area contributed by atoms with Crippen molar-refractivity contribution < 1.29 is 18.3 Å². The molecule has 0 saturated heterocycles. The zero-order chi connectivity index (χ0) is 19.2. The summed E-state index contributed by atoms with van der Waals surface area (Å²) in [6.45, 7) is 2.54. The van der Waals surface area contributed by atoms with E-state index in [4.69, 9.17) is 20.8 Å². The number of benzene rings is 2. The Morgan fingerprint density at radius 3 is 2.63 bits per heavy atom. The molecular formula is C21H19ClFNO3. The zero-order valence-corrected chi connectivity index (χ0v) is 15.5. The minimum absolute atomic E-state index is 0.0486. The van der Waals surface area contributed by atoms with Crippen molar-refractivity contribution in [3.63, 3.8) is 0 Å². The largest absolute Gasteiger partial charge is 0.484 e. The second-order valence-corrected chi connectivity index (χ2v) is 6.55. The number of hydrogen-bond acceptors (Lipinski definition) is 3. The second-order valence-electron chi connectivity index (χ2n) is 6.15. The predicted octanol–water partition coefficient (Wildman–Crippen LogP) is 5.18. The summed E-state index contributed by atoms with van der Waals surface area (Å²) in [5, 5.41) is 3.33. The summed E-state index contributed by atoms with van der Waals surface area (Å²) in [4.78, 5) is 12.2. The maximum Gasteiger partial charge on any atom is 0.287 e. The number of halogens is 2. The summed E-state index contributed by atoms with van der Waals surface area (Å²) < 4.78 is 24.1. The van der Waals surface area contributed by atoms with Crippen LogP contribution in [-0.4, -0.2) is 12.5 Å². The molecule has 0 aliphatic heterocycles. The van der Waals surface area contributed by atoms with Crippen molar-refractivity contribution in [3.05, 3.63) is 88.6 Å². The van der Waals surface area contributed by atoms with Gasteiger partial charge in [-0.15, -0.1) is 0 Å². The van der Waals surface area contributed by atoms with Gasteiger partial charge < -0.3 is 14.5 Å². The van der Waals surface area contributed by atoms with E-state index in [0.29, 0.717) is 23.1 Å². The molecule has 6 heteroatoms. The number of carbonyl (C=O) groups is 1. The van der Waals surface area contributed by atoms with Crippen LogP contribution >= 0.6 is 11.6 Å². The number of carbonyl (C=O) groups excluding carboxylic acids is 1. The molecule has 0 aliphatic rings. The fourth-order valence-corrected chi connectivity index (χ4v) is 2.72. The Kier molecular flexibility index (Phi) is 6.14. The topological polar surface area (TPSA) is 51.5 Å². The summed E-state index contributed by atoms with van der Waals surface area (Å²) in [5.74, 6) is 0.734. The first-order chi connectivity index (χ1) is 13.0. The Morgan fingerprint density at radius 1 is 1.15 bits per heavy atom. The molecule has 3 rings (SSSR count). The Balaban J connectivity index is 1.52. The first-order valence-corrected chi connectivity index (χ1v) is 8.90. The number of furan rings is 1. The van der Waals surface area contributed by atoms with Gasteiger partial charge in [-0.2, -0.15) is 0 Å². The van der Waals surface area contributed by atoms with E-state index < -0.39 is 0 Å². The summed E-state index contributed by atoms with van der Waals surface area (Å²) in [7, 11) is 0. The fourth-order valence-electron chi connectivity index (χ4n) is 2.53. The lowest BCUT2D eigenvalue weighted by Crippen LogP contribution is -2.27. The standard InChI is InChI=1S/C21H19ClFNO3/c1-14(15-6-8-16(23)9-7-15)12-24-21(25)20-11-10-17(27-20)13-26-19-5-3-2-4-18(19)22/h2-11,14H,12-13H2,1H3,(H,24,25). The first-order valence-electron chi connectivity index (χ1n) is 8.52. The van der Waals surface area contributed by atoms with E-state index in [-0.39, 0.29) is 30.0 Å². The lowest BCUT2D eigenvalue weighted by atomic mass is 10.0. The molecule has 0 saturated carbocycles. The van der Waals surface area contributed by atoms with Crippen molar-refractivity contribution in [2.75, 3.05) is 6.54 Å². The molecule has 1 unspecified atom stereocenters. The van der Waals surface area contributed by atoms with Crippen molar-refractivity contribution >= 4 is 17.5 Å². The van der Waals surface area contributed by atoms with Crippen molar-refractivity contribution in [2.24, 2.45) is 0 Å². The second kappa shape index (κ2) is 8.73. The van der Waals surface area contributed by atoms with Gasteiger partial charge in [0.25, 0.3) is 5.91 Å². The zero-order valence-electron chi connectivity index (χ0n) is 14.7. The van der Waals surface area contributed by atoms with Crippen LogP contribution < -0.4 is 10.1 Å². The fraction of sp³-hybridized carbons (Fsp3) is 0.190. The van der Waals surface area contributed by atoms with Crippen LogP contribution in [0.2, 0.25) is 5.02 Å². The maximum absolute atomic E-state index is 13.0. The van der Waals surface area contributed by atoms with Crippen molar-refractivity contribution in [1.29, 1.82) is 0 Å². The minimum atomic E-state index is -0.312. The molecule has 0 bridgehead atoms. The molecule has 0 aliphatic carbocycles. The lowest BCUT2D eigenvalue weighted by molar-refractivity contribution is 0.0920. The Morgan fingerprint density at radius 2 is 1.89 bits per heavy atom. The van der Waals surface area contributed by atoms with Crippen LogP contribution in [0.15, 0.2) is 65.1 Å².